The molecule has 4 atom stereocenters. The van der Waals surface area contributed by atoms with Crippen molar-refractivity contribution in [1.29, 1.82) is 0 Å². The number of anilines is 4. The van der Waals surface area contributed by atoms with Crippen molar-refractivity contribution in [1.82, 2.24) is 0 Å². The fourth-order valence-electron chi connectivity index (χ4n) is 6.79. The van der Waals surface area contributed by atoms with Crippen molar-refractivity contribution in [2.24, 2.45) is 20.5 Å². The number of halogens is 5. The first-order valence-corrected chi connectivity index (χ1v) is 24.2. The van der Waals surface area contributed by atoms with E-state index in [0.717, 1.165) is 13.8 Å². The van der Waals surface area contributed by atoms with E-state index in [4.69, 9.17) is 67.5 Å². The number of aryl methyl sites for hydroxylation is 1. The molecule has 5 rings (SSSR count). The monoisotopic (exact) mass is 1060 g/mol. The molecule has 0 saturated heterocycles. The third-order valence-corrected chi connectivity index (χ3v) is 11.7. The third kappa shape index (κ3) is 14.8. The summed E-state index contributed by atoms with van der Waals surface area (Å²) in [6.07, 6.45) is 0.197. The van der Waals surface area contributed by atoms with Crippen LogP contribution in [0.3, 0.4) is 0 Å². The number of benzene rings is 5. The molecule has 4 unspecified atom stereocenters. The molecular formula is C50H49Cl5N8O8. The maximum atomic E-state index is 13.6. The Morgan fingerprint density at radius 2 is 1.01 bits per heavy atom. The molecule has 0 bridgehead atoms. The number of azo groups is 2. The summed E-state index contributed by atoms with van der Waals surface area (Å²) in [6.45, 7) is 10.4. The quantitative estimate of drug-likeness (QED) is 0.0296. The van der Waals surface area contributed by atoms with E-state index in [1.165, 1.54) is 54.6 Å². The Kier molecular flexibility index (Phi) is 20.4. The standard InChI is InChI=1S/C50H49Cl5N8O8/c1-7-70-32-16-19-39(36(24-32)26(3)52)58-47(66)34-11-9-13-41(43(34)54)60-62-45(28(5)64)49(68)56-31-15-18-38(30(23-31)21-22-51)57-50(69)46(29(6)65)63-61-42-14-10-12-35(44(42)55)48(67)59-40-20-17-33(71-8-2)25-37(40)27(4)53/h9-20,23-27,45-46H,7-8,21-22H2,1-6H3,(H,56,68)(H,57,69)(H,58,66)(H,59,67). The minimum Gasteiger partial charge on any atom is -0.494 e. The number of amides is 4. The molecule has 4 N–H and O–H groups in total. The van der Waals surface area contributed by atoms with Gasteiger partial charge < -0.3 is 30.7 Å². The van der Waals surface area contributed by atoms with Gasteiger partial charge in [-0.05, 0) is 144 Å². The normalized spacial score (nSPS) is 12.9. The summed E-state index contributed by atoms with van der Waals surface area (Å²) >= 11 is 32.2. The van der Waals surface area contributed by atoms with Gasteiger partial charge in [0.15, 0.2) is 11.6 Å². The molecule has 16 nitrogen and oxygen atoms in total. The Bertz CT molecular complexity index is 2880. The zero-order valence-electron chi connectivity index (χ0n) is 39.2. The van der Waals surface area contributed by atoms with Gasteiger partial charge in [-0.15, -0.1) is 34.8 Å². The number of Topliss-reactive ketones (excluding diaryl/α,β-unsaturated/α-hetero) is 2. The predicted octanol–water partition coefficient (Wildman–Crippen LogP) is 13.0. The second-order valence-corrected chi connectivity index (χ2v) is 18.0. The smallest absolute Gasteiger partial charge is 0.258 e. The Morgan fingerprint density at radius 3 is 1.42 bits per heavy atom. The van der Waals surface area contributed by atoms with Crippen molar-refractivity contribution >= 4 is 127 Å². The first kappa shape index (κ1) is 55.5. The van der Waals surface area contributed by atoms with E-state index < -0.39 is 58.0 Å². The summed E-state index contributed by atoms with van der Waals surface area (Å²) in [5.74, 6) is -2.88. The summed E-state index contributed by atoms with van der Waals surface area (Å²) in [7, 11) is 0. The third-order valence-electron chi connectivity index (χ3n) is 10.3. The SMILES string of the molecule is CCOc1ccc(NC(=O)c2cccc(N=NC(C(C)=O)C(=O)Nc3ccc(NC(=O)C(N=Nc4cccc(C(=O)Nc5ccc(OCC)cc5C(C)Cl)c4Cl)C(C)=O)c(CCCl)c3)c2Cl)c(C(C)Cl)c1. The average molecular weight is 1070 g/mol. The minimum atomic E-state index is -1.64. The molecule has 0 aliphatic rings. The fourth-order valence-corrected chi connectivity index (χ4v) is 7.86. The Balaban J connectivity index is 1.28. The Morgan fingerprint density at radius 1 is 0.577 bits per heavy atom. The second kappa shape index (κ2) is 26.1. The molecule has 0 radical (unpaired) electrons. The van der Waals surface area contributed by atoms with Gasteiger partial charge >= 0.3 is 0 Å². The van der Waals surface area contributed by atoms with E-state index in [0.29, 0.717) is 52.8 Å². The Hall–Kier alpha value is -6.43. The molecule has 0 aromatic heterocycles. The largest absolute Gasteiger partial charge is 0.494 e. The van der Waals surface area contributed by atoms with Crippen molar-refractivity contribution < 1.29 is 38.2 Å². The van der Waals surface area contributed by atoms with E-state index in [1.807, 2.05) is 13.8 Å². The molecule has 0 saturated carbocycles. The van der Waals surface area contributed by atoms with Crippen molar-refractivity contribution in [3.63, 3.8) is 0 Å². The lowest BCUT2D eigenvalue weighted by Gasteiger charge is -2.16. The molecule has 5 aromatic rings. The van der Waals surface area contributed by atoms with Crippen LogP contribution in [-0.4, -0.2) is 66.4 Å². The van der Waals surface area contributed by atoms with Gasteiger partial charge in [0.1, 0.15) is 22.9 Å². The van der Waals surface area contributed by atoms with Crippen LogP contribution in [-0.2, 0) is 25.6 Å². The molecule has 21 heteroatoms. The van der Waals surface area contributed by atoms with Crippen molar-refractivity contribution in [3.8, 4) is 11.5 Å². The van der Waals surface area contributed by atoms with Crippen LogP contribution in [0.25, 0.3) is 0 Å². The number of ether oxygens (including phenoxy) is 2. The van der Waals surface area contributed by atoms with Gasteiger partial charge in [0.2, 0.25) is 12.1 Å². The maximum Gasteiger partial charge on any atom is 0.258 e. The molecule has 0 heterocycles. The number of rotatable bonds is 22. The lowest BCUT2D eigenvalue weighted by molar-refractivity contribution is -0.127. The van der Waals surface area contributed by atoms with Gasteiger partial charge in [-0.3, -0.25) is 28.8 Å². The summed E-state index contributed by atoms with van der Waals surface area (Å²) in [5.41, 5.74) is 3.14. The highest BCUT2D eigenvalue weighted by molar-refractivity contribution is 6.37. The van der Waals surface area contributed by atoms with Crippen LogP contribution in [0.1, 0.15) is 89.7 Å². The lowest BCUT2D eigenvalue weighted by atomic mass is 10.1. The molecule has 4 amide bonds. The van der Waals surface area contributed by atoms with Crippen molar-refractivity contribution in [3.05, 3.63) is 129 Å². The van der Waals surface area contributed by atoms with Crippen molar-refractivity contribution in [2.45, 2.75) is 70.8 Å². The number of carbonyl (C=O) groups excluding carboxylic acids is 6. The molecule has 0 spiro atoms. The summed E-state index contributed by atoms with van der Waals surface area (Å²) < 4.78 is 11.1. The summed E-state index contributed by atoms with van der Waals surface area (Å²) in [6, 6.07) is 20.3. The molecule has 0 aliphatic heterocycles. The van der Waals surface area contributed by atoms with E-state index in [9.17, 15) is 28.8 Å². The van der Waals surface area contributed by atoms with Gasteiger partial charge in [-0.2, -0.15) is 20.5 Å². The summed E-state index contributed by atoms with van der Waals surface area (Å²) in [4.78, 5) is 79.5. The number of hydrogen-bond acceptors (Lipinski definition) is 12. The molecule has 0 fully saturated rings. The minimum absolute atomic E-state index is 0.0126. The van der Waals surface area contributed by atoms with Crippen molar-refractivity contribution in [2.75, 3.05) is 40.4 Å². The molecular weight excluding hydrogens is 1020 g/mol. The van der Waals surface area contributed by atoms with Crippen LogP contribution in [0.4, 0.5) is 34.1 Å². The Labute approximate surface area is 435 Å². The van der Waals surface area contributed by atoms with E-state index in [2.05, 4.69) is 41.7 Å². The van der Waals surface area contributed by atoms with Gasteiger partial charge in [-0.1, -0.05) is 35.3 Å². The summed E-state index contributed by atoms with van der Waals surface area (Å²) in [5, 5.41) is 26.0. The fraction of sp³-hybridized carbons (Fsp3) is 0.280. The predicted molar refractivity (Wildman–Crippen MR) is 279 cm³/mol. The number of nitrogens with zero attached hydrogens (tertiary/aromatic N) is 4. The number of carbonyl (C=O) groups is 6. The topological polar surface area (TPSA) is 218 Å². The van der Waals surface area contributed by atoms with Crippen LogP contribution in [0, 0.1) is 0 Å². The highest BCUT2D eigenvalue weighted by atomic mass is 35.5. The van der Waals surface area contributed by atoms with Gasteiger partial charge in [0.05, 0.1) is 45.1 Å². The molecule has 5 aromatic carbocycles. The number of alkyl halides is 3. The van der Waals surface area contributed by atoms with Crippen LogP contribution in [0.15, 0.2) is 111 Å². The number of ketones is 2. The van der Waals surface area contributed by atoms with Crippen LogP contribution >= 0.6 is 58.0 Å². The van der Waals surface area contributed by atoms with Gasteiger partial charge in [0, 0.05) is 28.6 Å². The maximum absolute atomic E-state index is 13.6. The zero-order valence-corrected chi connectivity index (χ0v) is 43.0. The molecule has 372 valence electrons. The van der Waals surface area contributed by atoms with Crippen LogP contribution in [0.2, 0.25) is 10.0 Å². The first-order chi connectivity index (χ1) is 33.9. The average Bonchev–Trinajstić information content (AvgIpc) is 3.31. The number of hydrogen-bond donors (Lipinski definition) is 4. The van der Waals surface area contributed by atoms with Crippen LogP contribution in [0.5, 0.6) is 11.5 Å². The van der Waals surface area contributed by atoms with E-state index in [-0.39, 0.29) is 56.2 Å². The lowest BCUT2D eigenvalue weighted by Crippen LogP contribution is -2.32. The van der Waals surface area contributed by atoms with Crippen LogP contribution < -0.4 is 30.7 Å². The molecule has 0 aliphatic carbocycles. The first-order valence-electron chi connectivity index (χ1n) is 22.0. The van der Waals surface area contributed by atoms with Gasteiger partial charge in [-0.25, -0.2) is 0 Å². The number of nitrogens with one attached hydrogen (secondary N) is 4. The molecule has 71 heavy (non-hydrogen) atoms. The highest BCUT2D eigenvalue weighted by Gasteiger charge is 2.27. The van der Waals surface area contributed by atoms with Gasteiger partial charge in [0.25, 0.3) is 23.6 Å². The highest BCUT2D eigenvalue weighted by Crippen LogP contribution is 2.36. The van der Waals surface area contributed by atoms with E-state index >= 15 is 0 Å². The zero-order chi connectivity index (χ0) is 51.9. The second-order valence-electron chi connectivity index (χ2n) is 15.5. The van der Waals surface area contributed by atoms with E-state index in [1.54, 1.807) is 50.2 Å².